The SMILES string of the molecule is C=CN=C(N)[C@H]1NCCS1. The van der Waals surface area contributed by atoms with Gasteiger partial charge in [-0.05, 0) is 0 Å². The Hall–Kier alpha value is -0.480. The lowest BCUT2D eigenvalue weighted by Crippen LogP contribution is -2.34. The Morgan fingerprint density at radius 2 is 2.70 bits per heavy atom. The van der Waals surface area contributed by atoms with Gasteiger partial charge in [0, 0.05) is 18.5 Å². The lowest BCUT2D eigenvalue weighted by molar-refractivity contribution is 0.822. The highest BCUT2D eigenvalue weighted by atomic mass is 32.2. The minimum absolute atomic E-state index is 0.206. The normalized spacial score (nSPS) is 26.8. The average molecular weight is 157 g/mol. The van der Waals surface area contributed by atoms with Gasteiger partial charge in [0.05, 0.1) is 0 Å². The maximum absolute atomic E-state index is 5.58. The van der Waals surface area contributed by atoms with Crippen LogP contribution < -0.4 is 11.1 Å². The third kappa shape index (κ3) is 1.75. The molecule has 0 radical (unpaired) electrons. The van der Waals surface area contributed by atoms with Crippen LogP contribution in [0, 0.1) is 0 Å². The highest BCUT2D eigenvalue weighted by Crippen LogP contribution is 2.13. The zero-order chi connectivity index (χ0) is 7.40. The second kappa shape index (κ2) is 3.63. The molecule has 1 fully saturated rings. The van der Waals surface area contributed by atoms with Crippen LogP contribution in [0.15, 0.2) is 17.8 Å². The first-order chi connectivity index (χ1) is 4.84. The van der Waals surface area contributed by atoms with Gasteiger partial charge in [0.15, 0.2) is 0 Å². The molecule has 56 valence electrons. The van der Waals surface area contributed by atoms with E-state index < -0.39 is 0 Å². The maximum Gasteiger partial charge on any atom is 0.126 e. The average Bonchev–Trinajstić information content (AvgIpc) is 2.38. The molecule has 1 atom stereocenters. The standard InChI is InChI=1S/C6H11N3S/c1-2-8-5(7)6-9-3-4-10-6/h2,6,9H,1,3-4H2,(H2,7,8)/t6-/m0/s1. The summed E-state index contributed by atoms with van der Waals surface area (Å²) in [5.41, 5.74) is 5.58. The zero-order valence-electron chi connectivity index (χ0n) is 5.71. The number of thioether (sulfide) groups is 1. The van der Waals surface area contributed by atoms with E-state index in [0.717, 1.165) is 12.3 Å². The molecule has 1 saturated heterocycles. The van der Waals surface area contributed by atoms with Crippen LogP contribution in [0.1, 0.15) is 0 Å². The number of hydrogen-bond acceptors (Lipinski definition) is 3. The van der Waals surface area contributed by atoms with Gasteiger partial charge in [0.25, 0.3) is 0 Å². The third-order valence-corrected chi connectivity index (χ3v) is 2.41. The Morgan fingerprint density at radius 3 is 3.20 bits per heavy atom. The molecule has 0 aromatic heterocycles. The Morgan fingerprint density at radius 1 is 1.90 bits per heavy atom. The molecule has 0 aliphatic carbocycles. The molecule has 0 amide bonds. The number of rotatable bonds is 2. The molecule has 0 aromatic carbocycles. The van der Waals surface area contributed by atoms with Crippen LogP contribution >= 0.6 is 11.8 Å². The Labute approximate surface area is 64.8 Å². The molecule has 1 heterocycles. The first-order valence-corrected chi connectivity index (χ1v) is 4.18. The third-order valence-electron chi connectivity index (χ3n) is 1.23. The van der Waals surface area contributed by atoms with Crippen LogP contribution in [0.2, 0.25) is 0 Å². The fraction of sp³-hybridized carbons (Fsp3) is 0.500. The number of nitrogens with one attached hydrogen (secondary N) is 1. The first-order valence-electron chi connectivity index (χ1n) is 3.13. The summed E-state index contributed by atoms with van der Waals surface area (Å²) < 4.78 is 0. The van der Waals surface area contributed by atoms with Crippen molar-refractivity contribution in [3.63, 3.8) is 0 Å². The van der Waals surface area contributed by atoms with Gasteiger partial charge in [-0.15, -0.1) is 11.8 Å². The molecule has 0 saturated carbocycles. The summed E-state index contributed by atoms with van der Waals surface area (Å²) in [5, 5.41) is 3.41. The molecule has 0 spiro atoms. The van der Waals surface area contributed by atoms with E-state index in [-0.39, 0.29) is 5.37 Å². The van der Waals surface area contributed by atoms with Crippen LogP contribution in [0.25, 0.3) is 0 Å². The van der Waals surface area contributed by atoms with Crippen LogP contribution in [0.5, 0.6) is 0 Å². The number of aliphatic imine (C=N–C) groups is 1. The first kappa shape index (κ1) is 7.63. The van der Waals surface area contributed by atoms with E-state index in [1.807, 2.05) is 0 Å². The summed E-state index contributed by atoms with van der Waals surface area (Å²) in [6, 6.07) is 0. The lowest BCUT2D eigenvalue weighted by Gasteiger charge is -2.06. The molecule has 4 heteroatoms. The fourth-order valence-corrected chi connectivity index (χ4v) is 1.73. The van der Waals surface area contributed by atoms with Crippen molar-refractivity contribution in [2.45, 2.75) is 5.37 Å². The van der Waals surface area contributed by atoms with E-state index in [4.69, 9.17) is 5.73 Å². The predicted octanol–water partition coefficient (Wildman–Crippen LogP) is 0.150. The summed E-state index contributed by atoms with van der Waals surface area (Å²) >= 11 is 1.78. The van der Waals surface area contributed by atoms with Crippen LogP contribution in [-0.4, -0.2) is 23.5 Å². The number of nitrogens with zero attached hydrogens (tertiary/aromatic N) is 1. The molecule has 0 unspecified atom stereocenters. The predicted molar refractivity (Wildman–Crippen MR) is 46.1 cm³/mol. The van der Waals surface area contributed by atoms with E-state index in [1.165, 1.54) is 6.20 Å². The second-order valence-electron chi connectivity index (χ2n) is 1.94. The molecule has 3 N–H and O–H groups in total. The molecular formula is C6H11N3S. The highest BCUT2D eigenvalue weighted by Gasteiger charge is 2.17. The van der Waals surface area contributed by atoms with Crippen molar-refractivity contribution >= 4 is 17.6 Å². The van der Waals surface area contributed by atoms with Gasteiger partial charge in [-0.2, -0.15) is 0 Å². The van der Waals surface area contributed by atoms with E-state index in [9.17, 15) is 0 Å². The fourth-order valence-electron chi connectivity index (χ4n) is 0.789. The monoisotopic (exact) mass is 157 g/mol. The molecule has 1 aliphatic rings. The van der Waals surface area contributed by atoms with E-state index in [2.05, 4.69) is 16.9 Å². The number of hydrogen-bond donors (Lipinski definition) is 2. The van der Waals surface area contributed by atoms with E-state index in [0.29, 0.717) is 5.84 Å². The summed E-state index contributed by atoms with van der Waals surface area (Å²) in [6.45, 7) is 4.48. The molecule has 10 heavy (non-hydrogen) atoms. The van der Waals surface area contributed by atoms with E-state index in [1.54, 1.807) is 11.8 Å². The summed E-state index contributed by atoms with van der Waals surface area (Å²) in [6.07, 6.45) is 1.47. The highest BCUT2D eigenvalue weighted by molar-refractivity contribution is 8.00. The van der Waals surface area contributed by atoms with Gasteiger partial charge in [0.2, 0.25) is 0 Å². The van der Waals surface area contributed by atoms with Crippen molar-refractivity contribution in [3.05, 3.63) is 12.8 Å². The molecule has 1 rings (SSSR count). The van der Waals surface area contributed by atoms with Crippen molar-refractivity contribution in [1.82, 2.24) is 5.32 Å². The molecule has 0 aromatic rings. The lowest BCUT2D eigenvalue weighted by atomic mass is 10.5. The quantitative estimate of drug-likeness (QED) is 0.443. The molecule has 3 nitrogen and oxygen atoms in total. The Balaban J connectivity index is 2.46. The van der Waals surface area contributed by atoms with Gasteiger partial charge in [-0.25, -0.2) is 4.99 Å². The van der Waals surface area contributed by atoms with Gasteiger partial charge in [-0.3, -0.25) is 5.32 Å². The maximum atomic E-state index is 5.58. The summed E-state index contributed by atoms with van der Waals surface area (Å²) in [4.78, 5) is 3.88. The van der Waals surface area contributed by atoms with Crippen molar-refractivity contribution in [2.75, 3.05) is 12.3 Å². The smallest absolute Gasteiger partial charge is 0.126 e. The van der Waals surface area contributed by atoms with Gasteiger partial charge in [-0.1, -0.05) is 6.58 Å². The van der Waals surface area contributed by atoms with Crippen molar-refractivity contribution in [2.24, 2.45) is 10.7 Å². The van der Waals surface area contributed by atoms with Crippen LogP contribution in [0.4, 0.5) is 0 Å². The van der Waals surface area contributed by atoms with Gasteiger partial charge in [0.1, 0.15) is 11.2 Å². The zero-order valence-corrected chi connectivity index (χ0v) is 6.53. The van der Waals surface area contributed by atoms with Crippen molar-refractivity contribution < 1.29 is 0 Å². The molecule has 0 bridgehead atoms. The number of nitrogens with two attached hydrogens (primary N) is 1. The summed E-state index contributed by atoms with van der Waals surface area (Å²) in [7, 11) is 0. The van der Waals surface area contributed by atoms with Crippen molar-refractivity contribution in [3.8, 4) is 0 Å². The second-order valence-corrected chi connectivity index (χ2v) is 3.15. The van der Waals surface area contributed by atoms with Gasteiger partial charge < -0.3 is 5.73 Å². The van der Waals surface area contributed by atoms with Gasteiger partial charge >= 0.3 is 0 Å². The Kier molecular flexibility index (Phi) is 2.77. The molecule has 1 aliphatic heterocycles. The minimum Gasteiger partial charge on any atom is -0.385 e. The van der Waals surface area contributed by atoms with Crippen molar-refractivity contribution in [1.29, 1.82) is 0 Å². The van der Waals surface area contributed by atoms with E-state index >= 15 is 0 Å². The van der Waals surface area contributed by atoms with Crippen LogP contribution in [0.3, 0.4) is 0 Å². The summed E-state index contributed by atoms with van der Waals surface area (Å²) in [5.74, 6) is 1.73. The Bertz CT molecular complexity index is 149. The largest absolute Gasteiger partial charge is 0.385 e. The molecular weight excluding hydrogens is 146 g/mol. The topological polar surface area (TPSA) is 50.4 Å². The minimum atomic E-state index is 0.206. The number of amidine groups is 1. The van der Waals surface area contributed by atoms with Crippen LogP contribution in [-0.2, 0) is 0 Å².